The lowest BCUT2D eigenvalue weighted by Crippen LogP contribution is -2.28. The Kier molecular flexibility index (Phi) is 4.33. The first-order valence-corrected chi connectivity index (χ1v) is 8.18. The lowest BCUT2D eigenvalue weighted by atomic mass is 9.99. The van der Waals surface area contributed by atoms with Crippen LogP contribution in [0.2, 0.25) is 25.7 Å². The van der Waals surface area contributed by atoms with Gasteiger partial charge in [-0.2, -0.15) is 0 Å². The lowest BCUT2D eigenvalue weighted by Gasteiger charge is -2.25. The minimum absolute atomic E-state index is 0.363. The molecule has 0 fully saturated rings. The zero-order valence-electron chi connectivity index (χ0n) is 8.52. The van der Waals surface area contributed by atoms with Gasteiger partial charge in [0.15, 0.2) is 0 Å². The van der Waals surface area contributed by atoms with E-state index in [1.54, 1.807) is 0 Å². The van der Waals surface area contributed by atoms with Crippen LogP contribution < -0.4 is 0 Å². The van der Waals surface area contributed by atoms with Gasteiger partial charge in [0.25, 0.3) is 0 Å². The predicted molar refractivity (Wildman–Crippen MR) is 53.6 cm³/mol. The zero-order chi connectivity index (χ0) is 9.07. The molecule has 0 aliphatic carbocycles. The summed E-state index contributed by atoms with van der Waals surface area (Å²) in [6.07, 6.45) is 0. The van der Waals surface area contributed by atoms with Crippen molar-refractivity contribution in [2.75, 3.05) is 6.61 Å². The van der Waals surface area contributed by atoms with E-state index in [1.807, 2.05) is 0 Å². The number of rotatable bonds is 4. The monoisotopic (exact) mass is 174 g/mol. The van der Waals surface area contributed by atoms with Gasteiger partial charge in [-0.1, -0.05) is 39.5 Å². The fourth-order valence-electron chi connectivity index (χ4n) is 1.30. The maximum Gasteiger partial charge on any atom is 0.0459 e. The van der Waals surface area contributed by atoms with E-state index in [0.717, 1.165) is 0 Å². The van der Waals surface area contributed by atoms with Crippen LogP contribution in [0, 0.1) is 11.8 Å². The van der Waals surface area contributed by atoms with E-state index in [2.05, 4.69) is 33.5 Å². The Hall–Kier alpha value is 0.177. The highest BCUT2D eigenvalue weighted by molar-refractivity contribution is 6.76. The Morgan fingerprint density at radius 2 is 1.64 bits per heavy atom. The van der Waals surface area contributed by atoms with E-state index in [1.165, 1.54) is 6.04 Å². The van der Waals surface area contributed by atoms with E-state index < -0.39 is 8.07 Å². The molecule has 1 nitrogen and oxygen atoms in total. The van der Waals surface area contributed by atoms with Gasteiger partial charge in [-0.25, -0.2) is 0 Å². The molecule has 0 spiro atoms. The second-order valence-corrected chi connectivity index (χ2v) is 10.5. The molecule has 1 atom stereocenters. The quantitative estimate of drug-likeness (QED) is 0.650. The molecule has 0 heterocycles. The van der Waals surface area contributed by atoms with Gasteiger partial charge in [0.1, 0.15) is 0 Å². The molecule has 0 aliphatic rings. The predicted octanol–water partition coefficient (Wildman–Crippen LogP) is 2.59. The first-order valence-electron chi connectivity index (χ1n) is 4.47. The summed E-state index contributed by atoms with van der Waals surface area (Å²) >= 11 is 0. The topological polar surface area (TPSA) is 20.2 Å². The Morgan fingerprint density at radius 3 is 1.73 bits per heavy atom. The van der Waals surface area contributed by atoms with Crippen molar-refractivity contribution in [1.29, 1.82) is 0 Å². The fraction of sp³-hybridized carbons (Fsp3) is 1.00. The Labute approximate surface area is 71.8 Å². The average molecular weight is 174 g/mol. The third-order valence-electron chi connectivity index (χ3n) is 2.05. The van der Waals surface area contributed by atoms with Crippen LogP contribution in [0.4, 0.5) is 0 Å². The Bertz CT molecular complexity index is 105. The normalized spacial score (nSPS) is 15.5. The third kappa shape index (κ3) is 5.45. The van der Waals surface area contributed by atoms with E-state index >= 15 is 0 Å². The maximum absolute atomic E-state index is 9.08. The molecule has 2 heteroatoms. The molecule has 0 saturated carbocycles. The van der Waals surface area contributed by atoms with E-state index in [-0.39, 0.29) is 0 Å². The molecular formula is C9H22OSi. The summed E-state index contributed by atoms with van der Waals surface area (Å²) in [6.45, 7) is 11.8. The second-order valence-electron chi connectivity index (χ2n) is 4.95. The Balaban J connectivity index is 3.88. The molecule has 1 unspecified atom stereocenters. The van der Waals surface area contributed by atoms with Crippen LogP contribution in [0.3, 0.4) is 0 Å². The first kappa shape index (κ1) is 11.2. The highest BCUT2D eigenvalue weighted by atomic mass is 28.3. The summed E-state index contributed by atoms with van der Waals surface area (Å²) in [6, 6.07) is 1.25. The van der Waals surface area contributed by atoms with Crippen molar-refractivity contribution in [2.45, 2.75) is 39.5 Å². The Morgan fingerprint density at radius 1 is 1.18 bits per heavy atom. The van der Waals surface area contributed by atoms with Gasteiger partial charge in [-0.3, -0.25) is 0 Å². The van der Waals surface area contributed by atoms with Gasteiger partial charge in [0.2, 0.25) is 0 Å². The molecule has 0 aliphatic heterocycles. The van der Waals surface area contributed by atoms with Crippen molar-refractivity contribution < 1.29 is 5.11 Å². The molecule has 0 aromatic heterocycles. The SMILES string of the molecule is CC(C)C(CO)C[Si](C)(C)C. The molecule has 68 valence electrons. The van der Waals surface area contributed by atoms with E-state index in [4.69, 9.17) is 5.11 Å². The van der Waals surface area contributed by atoms with Crippen molar-refractivity contribution in [1.82, 2.24) is 0 Å². The van der Waals surface area contributed by atoms with E-state index in [9.17, 15) is 0 Å². The molecule has 11 heavy (non-hydrogen) atoms. The smallest absolute Gasteiger partial charge is 0.0459 e. The van der Waals surface area contributed by atoms with Gasteiger partial charge in [-0.15, -0.1) is 0 Å². The first-order chi connectivity index (χ1) is 4.87. The van der Waals surface area contributed by atoms with Crippen molar-refractivity contribution in [2.24, 2.45) is 11.8 Å². The van der Waals surface area contributed by atoms with Crippen LogP contribution in [0.1, 0.15) is 13.8 Å². The summed E-state index contributed by atoms with van der Waals surface area (Å²) in [5, 5.41) is 9.08. The molecule has 0 aromatic carbocycles. The number of aliphatic hydroxyl groups excluding tert-OH is 1. The zero-order valence-corrected chi connectivity index (χ0v) is 9.52. The minimum Gasteiger partial charge on any atom is -0.396 e. The van der Waals surface area contributed by atoms with Crippen LogP contribution in [0.15, 0.2) is 0 Å². The maximum atomic E-state index is 9.08. The van der Waals surface area contributed by atoms with Crippen LogP contribution in [-0.4, -0.2) is 19.8 Å². The molecule has 0 rings (SSSR count). The summed E-state index contributed by atoms with van der Waals surface area (Å²) in [5.41, 5.74) is 0. The standard InChI is InChI=1S/C9H22OSi/c1-8(2)9(6-10)7-11(3,4)5/h8-10H,6-7H2,1-5H3. The summed E-state index contributed by atoms with van der Waals surface area (Å²) in [4.78, 5) is 0. The van der Waals surface area contributed by atoms with Gasteiger partial charge >= 0.3 is 0 Å². The molecule has 1 N–H and O–H groups in total. The van der Waals surface area contributed by atoms with Crippen LogP contribution in [0.5, 0.6) is 0 Å². The lowest BCUT2D eigenvalue weighted by molar-refractivity contribution is 0.202. The van der Waals surface area contributed by atoms with Crippen LogP contribution >= 0.6 is 0 Å². The van der Waals surface area contributed by atoms with Crippen molar-refractivity contribution >= 4 is 8.07 Å². The molecule has 0 saturated heterocycles. The van der Waals surface area contributed by atoms with Crippen LogP contribution in [0.25, 0.3) is 0 Å². The second kappa shape index (κ2) is 4.26. The average Bonchev–Trinajstić information content (AvgIpc) is 1.80. The molecule has 0 bridgehead atoms. The largest absolute Gasteiger partial charge is 0.396 e. The molecule has 0 amide bonds. The van der Waals surface area contributed by atoms with Gasteiger partial charge < -0.3 is 5.11 Å². The third-order valence-corrected chi connectivity index (χ3v) is 3.80. The summed E-state index contributed by atoms with van der Waals surface area (Å²) in [5.74, 6) is 1.16. The van der Waals surface area contributed by atoms with Gasteiger partial charge in [-0.05, 0) is 11.8 Å². The highest BCUT2D eigenvalue weighted by Crippen LogP contribution is 2.22. The number of aliphatic hydroxyl groups is 1. The molecule has 0 aromatic rings. The van der Waals surface area contributed by atoms with Gasteiger partial charge in [0, 0.05) is 14.7 Å². The van der Waals surface area contributed by atoms with Crippen molar-refractivity contribution in [3.05, 3.63) is 0 Å². The van der Waals surface area contributed by atoms with Gasteiger partial charge in [0.05, 0.1) is 0 Å². The van der Waals surface area contributed by atoms with Crippen molar-refractivity contribution in [3.8, 4) is 0 Å². The fourth-order valence-corrected chi connectivity index (χ4v) is 3.47. The summed E-state index contributed by atoms with van der Waals surface area (Å²) < 4.78 is 0. The molecule has 0 radical (unpaired) electrons. The number of hydrogen-bond acceptors (Lipinski definition) is 1. The number of hydrogen-bond donors (Lipinski definition) is 1. The van der Waals surface area contributed by atoms with Crippen LogP contribution in [-0.2, 0) is 0 Å². The van der Waals surface area contributed by atoms with Crippen molar-refractivity contribution in [3.63, 3.8) is 0 Å². The molecular weight excluding hydrogens is 152 g/mol. The van der Waals surface area contributed by atoms with E-state index in [0.29, 0.717) is 18.4 Å². The minimum atomic E-state index is -0.964. The highest BCUT2D eigenvalue weighted by Gasteiger charge is 2.21. The summed E-state index contributed by atoms with van der Waals surface area (Å²) in [7, 11) is -0.964.